The van der Waals surface area contributed by atoms with Crippen LogP contribution in [0.15, 0.2) is 0 Å². The molecular formula is C19H42O6. The summed E-state index contributed by atoms with van der Waals surface area (Å²) in [6.45, 7) is 9.08. The largest absolute Gasteiger partial charge is 0.394 e. The van der Waals surface area contributed by atoms with E-state index >= 15 is 0 Å². The topological polar surface area (TPSA) is 77.4 Å². The molecule has 0 spiro atoms. The van der Waals surface area contributed by atoms with Crippen LogP contribution in [0.25, 0.3) is 0 Å². The first-order valence-corrected chi connectivity index (χ1v) is 9.86. The second-order valence-electron chi connectivity index (χ2n) is 5.66. The zero-order valence-electron chi connectivity index (χ0n) is 16.5. The quantitative estimate of drug-likeness (QED) is 0.342. The molecule has 0 bridgehead atoms. The maximum atomic E-state index is 8.36. The fourth-order valence-corrected chi connectivity index (χ4v) is 1.90. The SMILES string of the molecule is CCCCCCCCOCCC.OCCOCCOCCOCCO. The Morgan fingerprint density at radius 1 is 0.440 bits per heavy atom. The van der Waals surface area contributed by atoms with Crippen molar-refractivity contribution >= 4 is 0 Å². The molecule has 0 rings (SSSR count). The molecule has 0 amide bonds. The summed E-state index contributed by atoms with van der Waals surface area (Å²) in [5.74, 6) is 0. The van der Waals surface area contributed by atoms with Gasteiger partial charge in [-0.15, -0.1) is 0 Å². The molecule has 154 valence electrons. The van der Waals surface area contributed by atoms with Crippen molar-refractivity contribution in [2.24, 2.45) is 0 Å². The molecule has 6 nitrogen and oxygen atoms in total. The average molecular weight is 367 g/mol. The predicted octanol–water partition coefficient (Wildman–Crippen LogP) is 2.79. The maximum Gasteiger partial charge on any atom is 0.0701 e. The summed E-state index contributed by atoms with van der Waals surface area (Å²) in [5, 5.41) is 16.7. The third-order valence-corrected chi connectivity index (χ3v) is 3.21. The van der Waals surface area contributed by atoms with Crippen LogP contribution in [0.2, 0.25) is 0 Å². The molecule has 0 radical (unpaired) electrons. The number of hydrogen-bond acceptors (Lipinski definition) is 6. The Balaban J connectivity index is 0. The van der Waals surface area contributed by atoms with E-state index in [4.69, 9.17) is 29.2 Å². The maximum absolute atomic E-state index is 8.36. The molecule has 2 N–H and O–H groups in total. The van der Waals surface area contributed by atoms with Crippen LogP contribution in [0.3, 0.4) is 0 Å². The monoisotopic (exact) mass is 366 g/mol. The second kappa shape index (κ2) is 28.6. The van der Waals surface area contributed by atoms with Crippen molar-refractivity contribution in [3.05, 3.63) is 0 Å². The highest BCUT2D eigenvalue weighted by molar-refractivity contribution is 4.43. The molecule has 0 saturated heterocycles. The first kappa shape index (κ1) is 27.0. The standard InChI is InChI=1S/C11H24O.C8H18O5/c1-3-5-6-7-8-9-11-12-10-4-2;9-1-3-11-5-7-13-8-6-12-4-2-10/h3-11H2,1-2H3;9-10H,1-8H2. The summed E-state index contributed by atoms with van der Waals surface area (Å²) in [5.41, 5.74) is 0. The molecule has 0 aliphatic carbocycles. The summed E-state index contributed by atoms with van der Waals surface area (Å²) in [4.78, 5) is 0. The molecule has 0 aromatic carbocycles. The van der Waals surface area contributed by atoms with Gasteiger partial charge in [0.2, 0.25) is 0 Å². The molecule has 0 heterocycles. The molecule has 0 atom stereocenters. The highest BCUT2D eigenvalue weighted by Gasteiger charge is 1.90. The van der Waals surface area contributed by atoms with Crippen LogP contribution < -0.4 is 0 Å². The van der Waals surface area contributed by atoms with Gasteiger partial charge in [0.25, 0.3) is 0 Å². The lowest BCUT2D eigenvalue weighted by Crippen LogP contribution is -2.11. The summed E-state index contributed by atoms with van der Waals surface area (Å²) in [6.07, 6.45) is 9.29. The molecule has 0 aromatic rings. The van der Waals surface area contributed by atoms with Crippen LogP contribution in [-0.4, -0.2) is 76.3 Å². The van der Waals surface area contributed by atoms with Crippen LogP contribution in [-0.2, 0) is 18.9 Å². The number of rotatable bonds is 19. The van der Waals surface area contributed by atoms with Crippen molar-refractivity contribution in [3.8, 4) is 0 Å². The van der Waals surface area contributed by atoms with Crippen LogP contribution in [0, 0.1) is 0 Å². The number of aliphatic hydroxyl groups is 2. The van der Waals surface area contributed by atoms with E-state index in [1.807, 2.05) is 0 Å². The van der Waals surface area contributed by atoms with Crippen LogP contribution in [0.5, 0.6) is 0 Å². The lowest BCUT2D eigenvalue weighted by Gasteiger charge is -2.04. The highest BCUT2D eigenvalue weighted by atomic mass is 16.5. The van der Waals surface area contributed by atoms with Gasteiger partial charge in [0.1, 0.15) is 0 Å². The summed E-state index contributed by atoms with van der Waals surface area (Å²) in [6, 6.07) is 0. The van der Waals surface area contributed by atoms with E-state index in [1.165, 1.54) is 38.5 Å². The minimum absolute atomic E-state index is 0.0413. The zero-order valence-corrected chi connectivity index (χ0v) is 16.5. The third kappa shape index (κ3) is 32.0. The van der Waals surface area contributed by atoms with Gasteiger partial charge in [0.05, 0.1) is 52.9 Å². The molecule has 6 heteroatoms. The minimum Gasteiger partial charge on any atom is -0.394 e. The number of aliphatic hydroxyl groups excluding tert-OH is 2. The van der Waals surface area contributed by atoms with Gasteiger partial charge in [-0.05, 0) is 12.8 Å². The Bertz CT molecular complexity index is 184. The molecule has 0 fully saturated rings. The Kier molecular flexibility index (Phi) is 30.8. The number of hydrogen-bond donors (Lipinski definition) is 2. The van der Waals surface area contributed by atoms with E-state index in [2.05, 4.69) is 13.8 Å². The van der Waals surface area contributed by atoms with E-state index < -0.39 is 0 Å². The van der Waals surface area contributed by atoms with Gasteiger partial charge >= 0.3 is 0 Å². The van der Waals surface area contributed by atoms with E-state index in [0.29, 0.717) is 39.6 Å². The van der Waals surface area contributed by atoms with Gasteiger partial charge in [-0.25, -0.2) is 0 Å². The molecule has 25 heavy (non-hydrogen) atoms. The molecule has 0 saturated carbocycles. The van der Waals surface area contributed by atoms with Crippen LogP contribution >= 0.6 is 0 Å². The Morgan fingerprint density at radius 3 is 1.36 bits per heavy atom. The van der Waals surface area contributed by atoms with E-state index in [1.54, 1.807) is 0 Å². The Morgan fingerprint density at radius 2 is 0.880 bits per heavy atom. The molecule has 0 aromatic heterocycles. The fraction of sp³-hybridized carbons (Fsp3) is 1.00. The van der Waals surface area contributed by atoms with Gasteiger partial charge in [0.15, 0.2) is 0 Å². The predicted molar refractivity (Wildman–Crippen MR) is 101 cm³/mol. The smallest absolute Gasteiger partial charge is 0.0701 e. The van der Waals surface area contributed by atoms with Crippen molar-refractivity contribution in [2.45, 2.75) is 58.8 Å². The third-order valence-electron chi connectivity index (χ3n) is 3.21. The Labute approximate surface area is 154 Å². The van der Waals surface area contributed by atoms with Crippen LogP contribution in [0.4, 0.5) is 0 Å². The van der Waals surface area contributed by atoms with Crippen molar-refractivity contribution in [1.82, 2.24) is 0 Å². The second-order valence-corrected chi connectivity index (χ2v) is 5.66. The lowest BCUT2D eigenvalue weighted by molar-refractivity contribution is 0.00230. The van der Waals surface area contributed by atoms with E-state index in [0.717, 1.165) is 19.6 Å². The Hall–Kier alpha value is -0.240. The summed E-state index contributed by atoms with van der Waals surface area (Å²) >= 11 is 0. The molecule has 0 aliphatic heterocycles. The first-order chi connectivity index (χ1) is 12.3. The highest BCUT2D eigenvalue weighted by Crippen LogP contribution is 2.04. The van der Waals surface area contributed by atoms with Gasteiger partial charge in [-0.3, -0.25) is 0 Å². The van der Waals surface area contributed by atoms with Crippen molar-refractivity contribution in [1.29, 1.82) is 0 Å². The summed E-state index contributed by atoms with van der Waals surface area (Å²) in [7, 11) is 0. The molecule has 0 unspecified atom stereocenters. The van der Waals surface area contributed by atoms with E-state index in [-0.39, 0.29) is 13.2 Å². The van der Waals surface area contributed by atoms with Gasteiger partial charge < -0.3 is 29.2 Å². The van der Waals surface area contributed by atoms with Gasteiger partial charge in [-0.2, -0.15) is 0 Å². The lowest BCUT2D eigenvalue weighted by atomic mass is 10.1. The normalized spacial score (nSPS) is 10.6. The number of ether oxygens (including phenoxy) is 4. The fourth-order valence-electron chi connectivity index (χ4n) is 1.90. The number of unbranched alkanes of at least 4 members (excludes halogenated alkanes) is 5. The zero-order chi connectivity index (χ0) is 18.8. The van der Waals surface area contributed by atoms with Crippen molar-refractivity contribution in [3.63, 3.8) is 0 Å². The summed E-state index contributed by atoms with van der Waals surface area (Å²) < 4.78 is 20.4. The van der Waals surface area contributed by atoms with E-state index in [9.17, 15) is 0 Å². The molecule has 0 aliphatic rings. The van der Waals surface area contributed by atoms with Crippen molar-refractivity contribution < 1.29 is 29.2 Å². The average Bonchev–Trinajstić information content (AvgIpc) is 2.63. The molecular weight excluding hydrogens is 324 g/mol. The first-order valence-electron chi connectivity index (χ1n) is 9.86. The van der Waals surface area contributed by atoms with Crippen molar-refractivity contribution in [2.75, 3.05) is 66.1 Å². The van der Waals surface area contributed by atoms with Gasteiger partial charge in [-0.1, -0.05) is 46.0 Å². The van der Waals surface area contributed by atoms with Gasteiger partial charge in [0, 0.05) is 13.2 Å². The minimum atomic E-state index is 0.0413. The van der Waals surface area contributed by atoms with Crippen LogP contribution in [0.1, 0.15) is 58.8 Å².